The summed E-state index contributed by atoms with van der Waals surface area (Å²) < 4.78 is 0. The number of benzene rings is 1. The number of nitrogens with two attached hydrogens (primary N) is 1. The van der Waals surface area contributed by atoms with Gasteiger partial charge in [-0.25, -0.2) is 0 Å². The van der Waals surface area contributed by atoms with E-state index in [4.69, 9.17) is 5.73 Å². The van der Waals surface area contributed by atoms with E-state index >= 15 is 0 Å². The molecule has 1 atom stereocenters. The molecule has 1 nitrogen and oxygen atoms in total. The number of rotatable bonds is 10. The zero-order chi connectivity index (χ0) is 14.9. The third-order valence-corrected chi connectivity index (χ3v) is 5.03. The second-order valence-corrected chi connectivity index (χ2v) is 6.81. The maximum atomic E-state index is 6.39. The summed E-state index contributed by atoms with van der Waals surface area (Å²) in [4.78, 5) is 0. The summed E-state index contributed by atoms with van der Waals surface area (Å²) in [6.07, 6.45) is 14.8. The van der Waals surface area contributed by atoms with Gasteiger partial charge in [-0.05, 0) is 36.3 Å². The lowest BCUT2D eigenvalue weighted by Gasteiger charge is -2.26. The summed E-state index contributed by atoms with van der Waals surface area (Å²) in [7, 11) is 0. The fourth-order valence-corrected chi connectivity index (χ4v) is 3.27. The van der Waals surface area contributed by atoms with Crippen LogP contribution in [0.25, 0.3) is 0 Å². The minimum atomic E-state index is 0.237. The molecule has 0 radical (unpaired) electrons. The van der Waals surface area contributed by atoms with E-state index in [1.807, 2.05) is 0 Å². The van der Waals surface area contributed by atoms with E-state index in [9.17, 15) is 0 Å². The second kappa shape index (κ2) is 9.25. The molecule has 2 rings (SSSR count). The molecular formula is C20H33N. The van der Waals surface area contributed by atoms with Crippen LogP contribution in [-0.4, -0.2) is 0 Å². The molecule has 1 saturated carbocycles. The van der Waals surface area contributed by atoms with E-state index < -0.39 is 0 Å². The Kier molecular flexibility index (Phi) is 7.29. The summed E-state index contributed by atoms with van der Waals surface area (Å²) in [5, 5.41) is 0. The molecule has 21 heavy (non-hydrogen) atoms. The molecule has 0 amide bonds. The largest absolute Gasteiger partial charge is 0.324 e. The summed E-state index contributed by atoms with van der Waals surface area (Å²) in [6.45, 7) is 2.27. The summed E-state index contributed by atoms with van der Waals surface area (Å²) in [5.41, 5.74) is 9.26. The van der Waals surface area contributed by atoms with Gasteiger partial charge in [-0.1, -0.05) is 82.6 Å². The van der Waals surface area contributed by atoms with Crippen LogP contribution in [0.3, 0.4) is 0 Å². The maximum absolute atomic E-state index is 6.39. The van der Waals surface area contributed by atoms with Crippen LogP contribution in [-0.2, 0) is 0 Å². The molecule has 0 bridgehead atoms. The number of hydrogen-bond donors (Lipinski definition) is 1. The zero-order valence-electron chi connectivity index (χ0n) is 13.8. The summed E-state index contributed by atoms with van der Waals surface area (Å²) >= 11 is 0. The van der Waals surface area contributed by atoms with Crippen LogP contribution in [0.2, 0.25) is 0 Å². The Bertz CT molecular complexity index is 395. The Hall–Kier alpha value is -0.820. The van der Waals surface area contributed by atoms with Gasteiger partial charge in [0, 0.05) is 6.04 Å². The van der Waals surface area contributed by atoms with Gasteiger partial charge in [-0.3, -0.25) is 0 Å². The Morgan fingerprint density at radius 3 is 2.43 bits per heavy atom. The first-order valence-corrected chi connectivity index (χ1v) is 9.16. The van der Waals surface area contributed by atoms with E-state index in [1.165, 1.54) is 75.3 Å². The van der Waals surface area contributed by atoms with Crippen LogP contribution >= 0.6 is 0 Å². The van der Waals surface area contributed by atoms with E-state index in [-0.39, 0.29) is 6.04 Å². The van der Waals surface area contributed by atoms with Crippen molar-refractivity contribution in [2.45, 2.75) is 89.5 Å². The molecule has 1 unspecified atom stereocenters. The first-order chi connectivity index (χ1) is 10.3. The third-order valence-electron chi connectivity index (χ3n) is 5.03. The van der Waals surface area contributed by atoms with E-state index in [2.05, 4.69) is 31.2 Å². The van der Waals surface area contributed by atoms with Crippen molar-refractivity contribution in [2.24, 2.45) is 5.73 Å². The highest BCUT2D eigenvalue weighted by Crippen LogP contribution is 2.37. The molecule has 1 aromatic rings. The molecule has 0 aliphatic heterocycles. The minimum Gasteiger partial charge on any atom is -0.324 e. The van der Waals surface area contributed by atoms with Gasteiger partial charge >= 0.3 is 0 Å². The molecule has 118 valence electrons. The molecule has 1 heteroatoms. The van der Waals surface area contributed by atoms with Gasteiger partial charge in [-0.2, -0.15) is 0 Å². The first kappa shape index (κ1) is 16.5. The Balaban J connectivity index is 1.66. The lowest BCUT2D eigenvalue weighted by atomic mass is 9.79. The van der Waals surface area contributed by atoms with Gasteiger partial charge in [-0.15, -0.1) is 0 Å². The predicted molar refractivity (Wildman–Crippen MR) is 92.6 cm³/mol. The molecule has 0 heterocycles. The molecule has 0 spiro atoms. The average molecular weight is 287 g/mol. The Labute approximate surface area is 131 Å². The molecule has 1 fully saturated rings. The van der Waals surface area contributed by atoms with Crippen molar-refractivity contribution in [3.05, 3.63) is 35.4 Å². The quantitative estimate of drug-likeness (QED) is 0.517. The molecule has 0 saturated heterocycles. The van der Waals surface area contributed by atoms with Crippen LogP contribution in [0.15, 0.2) is 24.3 Å². The molecule has 1 aromatic carbocycles. The minimum absolute atomic E-state index is 0.237. The molecule has 0 aromatic heterocycles. The molecular weight excluding hydrogens is 254 g/mol. The zero-order valence-corrected chi connectivity index (χ0v) is 13.8. The second-order valence-electron chi connectivity index (χ2n) is 6.81. The van der Waals surface area contributed by atoms with Crippen molar-refractivity contribution < 1.29 is 0 Å². The lowest BCUT2D eigenvalue weighted by molar-refractivity contribution is 0.419. The molecule has 2 N–H and O–H groups in total. The first-order valence-electron chi connectivity index (χ1n) is 9.16. The van der Waals surface area contributed by atoms with Crippen LogP contribution < -0.4 is 5.73 Å². The number of hydrogen-bond acceptors (Lipinski definition) is 1. The monoisotopic (exact) mass is 287 g/mol. The van der Waals surface area contributed by atoms with Gasteiger partial charge in [0.05, 0.1) is 0 Å². The average Bonchev–Trinajstić information content (AvgIpc) is 2.44. The van der Waals surface area contributed by atoms with Gasteiger partial charge in [0.2, 0.25) is 0 Å². The van der Waals surface area contributed by atoms with Crippen LogP contribution in [0, 0.1) is 0 Å². The Morgan fingerprint density at radius 1 is 1.05 bits per heavy atom. The molecule has 1 aliphatic rings. The fraction of sp³-hybridized carbons (Fsp3) is 0.700. The highest BCUT2D eigenvalue weighted by Gasteiger charge is 2.19. The molecule has 1 aliphatic carbocycles. The summed E-state index contributed by atoms with van der Waals surface area (Å²) in [6, 6.07) is 9.31. The maximum Gasteiger partial charge on any atom is 0.0294 e. The lowest BCUT2D eigenvalue weighted by Crippen LogP contribution is -2.13. The highest BCUT2D eigenvalue weighted by atomic mass is 14.6. The predicted octanol–water partition coefficient (Wildman–Crippen LogP) is 6.09. The van der Waals surface area contributed by atoms with Crippen LogP contribution in [0.4, 0.5) is 0 Å². The van der Waals surface area contributed by atoms with Crippen molar-refractivity contribution in [1.82, 2.24) is 0 Å². The SMILES string of the molecule is CCCCCCCCCC(N)c1cccc(C2CCC2)c1. The van der Waals surface area contributed by atoms with Gasteiger partial charge < -0.3 is 5.73 Å². The van der Waals surface area contributed by atoms with Gasteiger partial charge in [0.1, 0.15) is 0 Å². The van der Waals surface area contributed by atoms with Crippen molar-refractivity contribution in [3.63, 3.8) is 0 Å². The van der Waals surface area contributed by atoms with Crippen molar-refractivity contribution >= 4 is 0 Å². The highest BCUT2D eigenvalue weighted by molar-refractivity contribution is 5.29. The van der Waals surface area contributed by atoms with Crippen molar-refractivity contribution in [1.29, 1.82) is 0 Å². The van der Waals surface area contributed by atoms with Crippen molar-refractivity contribution in [3.8, 4) is 0 Å². The fourth-order valence-electron chi connectivity index (χ4n) is 3.27. The van der Waals surface area contributed by atoms with E-state index in [0.717, 1.165) is 12.3 Å². The van der Waals surface area contributed by atoms with Gasteiger partial charge in [0.25, 0.3) is 0 Å². The number of unbranched alkanes of at least 4 members (excludes halogenated alkanes) is 6. The van der Waals surface area contributed by atoms with E-state index in [1.54, 1.807) is 0 Å². The summed E-state index contributed by atoms with van der Waals surface area (Å²) in [5.74, 6) is 0.815. The smallest absolute Gasteiger partial charge is 0.0294 e. The van der Waals surface area contributed by atoms with E-state index in [0.29, 0.717) is 0 Å². The van der Waals surface area contributed by atoms with Crippen LogP contribution in [0.1, 0.15) is 101 Å². The van der Waals surface area contributed by atoms with Crippen LogP contribution in [0.5, 0.6) is 0 Å². The van der Waals surface area contributed by atoms with Gasteiger partial charge in [0.15, 0.2) is 0 Å². The van der Waals surface area contributed by atoms with Crippen molar-refractivity contribution in [2.75, 3.05) is 0 Å². The normalized spacial score (nSPS) is 16.7. The third kappa shape index (κ3) is 5.47. The topological polar surface area (TPSA) is 26.0 Å². The standard InChI is InChI=1S/C20H33N/c1-2-3-4-5-6-7-8-15-20(21)19-14-10-13-18(16-19)17-11-9-12-17/h10,13-14,16-17,20H,2-9,11-12,15,21H2,1H3. The Morgan fingerprint density at radius 2 is 1.76 bits per heavy atom.